The summed E-state index contributed by atoms with van der Waals surface area (Å²) in [6, 6.07) is 0.857. The molecule has 114 valence electrons. The van der Waals surface area contributed by atoms with Gasteiger partial charge in [-0.1, -0.05) is 0 Å². The van der Waals surface area contributed by atoms with Gasteiger partial charge in [0.05, 0.1) is 23.0 Å². The van der Waals surface area contributed by atoms with Crippen molar-refractivity contribution < 1.29 is 21.9 Å². The lowest BCUT2D eigenvalue weighted by Gasteiger charge is -2.22. The van der Waals surface area contributed by atoms with E-state index in [2.05, 4.69) is 4.72 Å². The maximum absolute atomic E-state index is 12.3. The molecular formula is C11H17NO5S3. The van der Waals surface area contributed by atoms with Crippen molar-refractivity contribution in [2.24, 2.45) is 0 Å². The normalized spacial score (nSPS) is 22.8. The number of aliphatic hydroxyl groups is 1. The average molecular weight is 339 g/mol. The van der Waals surface area contributed by atoms with Crippen LogP contribution in [-0.4, -0.2) is 39.5 Å². The molecule has 1 fully saturated rings. The summed E-state index contributed by atoms with van der Waals surface area (Å²) in [5.74, 6) is -0.0281. The monoisotopic (exact) mass is 339 g/mol. The molecule has 2 rings (SSSR count). The van der Waals surface area contributed by atoms with E-state index in [1.165, 1.54) is 17.4 Å². The van der Waals surface area contributed by atoms with Crippen molar-refractivity contribution in [3.05, 3.63) is 15.8 Å². The SMILES string of the molecule is Cc1sc(CO)cc1S(=O)(=O)NC1CCCS(=O)(=O)C1. The second kappa shape index (κ2) is 5.72. The van der Waals surface area contributed by atoms with Crippen molar-refractivity contribution in [1.29, 1.82) is 0 Å². The van der Waals surface area contributed by atoms with Crippen LogP contribution in [0.2, 0.25) is 0 Å². The maximum Gasteiger partial charge on any atom is 0.241 e. The molecule has 1 unspecified atom stereocenters. The van der Waals surface area contributed by atoms with Gasteiger partial charge >= 0.3 is 0 Å². The van der Waals surface area contributed by atoms with Crippen LogP contribution in [0.4, 0.5) is 0 Å². The van der Waals surface area contributed by atoms with Crippen LogP contribution in [0.15, 0.2) is 11.0 Å². The summed E-state index contributed by atoms with van der Waals surface area (Å²) in [6.07, 6.45) is 0.995. The molecule has 1 atom stereocenters. The maximum atomic E-state index is 12.3. The number of sulfonamides is 1. The van der Waals surface area contributed by atoms with Crippen LogP contribution < -0.4 is 4.72 Å². The zero-order valence-corrected chi connectivity index (χ0v) is 13.4. The highest BCUT2D eigenvalue weighted by molar-refractivity contribution is 7.91. The third-order valence-electron chi connectivity index (χ3n) is 3.15. The molecule has 9 heteroatoms. The Morgan fingerprint density at radius 2 is 2.20 bits per heavy atom. The standard InChI is InChI=1S/C11H17NO5S3/c1-8-11(5-10(6-13)18-8)20(16,17)12-9-3-2-4-19(14,15)7-9/h5,9,12-13H,2-4,6-7H2,1H3. The van der Waals surface area contributed by atoms with Gasteiger partial charge in [-0.25, -0.2) is 21.6 Å². The van der Waals surface area contributed by atoms with Crippen molar-refractivity contribution in [3.63, 3.8) is 0 Å². The number of nitrogens with one attached hydrogen (secondary N) is 1. The topological polar surface area (TPSA) is 101 Å². The number of hydrogen-bond acceptors (Lipinski definition) is 6. The Kier molecular flexibility index (Phi) is 4.55. The lowest BCUT2D eigenvalue weighted by atomic mass is 10.2. The lowest BCUT2D eigenvalue weighted by Crippen LogP contribution is -2.43. The van der Waals surface area contributed by atoms with Crippen LogP contribution >= 0.6 is 11.3 Å². The Bertz CT molecular complexity index is 690. The molecule has 6 nitrogen and oxygen atoms in total. The number of rotatable bonds is 4. The van der Waals surface area contributed by atoms with Crippen LogP contribution in [0.25, 0.3) is 0 Å². The van der Waals surface area contributed by atoms with Gasteiger partial charge in [0.2, 0.25) is 10.0 Å². The predicted octanol–water partition coefficient (Wildman–Crippen LogP) is 0.404. The van der Waals surface area contributed by atoms with Gasteiger partial charge in [0.15, 0.2) is 9.84 Å². The summed E-state index contributed by atoms with van der Waals surface area (Å²) in [6.45, 7) is 1.45. The molecule has 0 aliphatic carbocycles. The van der Waals surface area contributed by atoms with Crippen molar-refractivity contribution in [2.45, 2.75) is 37.3 Å². The molecule has 2 heterocycles. The van der Waals surface area contributed by atoms with Crippen molar-refractivity contribution >= 4 is 31.2 Å². The van der Waals surface area contributed by atoms with E-state index < -0.39 is 25.9 Å². The van der Waals surface area contributed by atoms with Gasteiger partial charge in [0.25, 0.3) is 0 Å². The number of hydrogen-bond donors (Lipinski definition) is 2. The number of thiophene rings is 1. The second-order valence-electron chi connectivity index (χ2n) is 4.87. The van der Waals surface area contributed by atoms with E-state index in [-0.39, 0.29) is 23.0 Å². The molecule has 20 heavy (non-hydrogen) atoms. The number of aliphatic hydroxyl groups excluding tert-OH is 1. The Morgan fingerprint density at radius 1 is 1.50 bits per heavy atom. The zero-order valence-electron chi connectivity index (χ0n) is 11.0. The Balaban J connectivity index is 2.20. The smallest absolute Gasteiger partial charge is 0.241 e. The minimum Gasteiger partial charge on any atom is -0.391 e. The van der Waals surface area contributed by atoms with Crippen LogP contribution in [0.5, 0.6) is 0 Å². The van der Waals surface area contributed by atoms with Gasteiger partial charge < -0.3 is 5.11 Å². The largest absolute Gasteiger partial charge is 0.391 e. The predicted molar refractivity (Wildman–Crippen MR) is 77.0 cm³/mol. The molecule has 1 aromatic rings. The molecule has 0 aromatic carbocycles. The minimum atomic E-state index is -3.75. The van der Waals surface area contributed by atoms with Crippen molar-refractivity contribution in [1.82, 2.24) is 4.72 Å². The molecule has 1 aromatic heterocycles. The second-order valence-corrected chi connectivity index (χ2v) is 10.1. The molecule has 1 saturated heterocycles. The van der Waals surface area contributed by atoms with E-state index in [1.807, 2.05) is 0 Å². The molecule has 0 saturated carbocycles. The molecule has 0 spiro atoms. The molecule has 1 aliphatic heterocycles. The Morgan fingerprint density at radius 3 is 2.75 bits per heavy atom. The van der Waals surface area contributed by atoms with Crippen molar-refractivity contribution in [3.8, 4) is 0 Å². The Hall–Kier alpha value is -0.480. The van der Waals surface area contributed by atoms with E-state index in [4.69, 9.17) is 5.11 Å². The van der Waals surface area contributed by atoms with Gasteiger partial charge in [-0.3, -0.25) is 0 Å². The molecule has 0 radical (unpaired) electrons. The first-order valence-electron chi connectivity index (χ1n) is 6.16. The van der Waals surface area contributed by atoms with Gasteiger partial charge in [-0.15, -0.1) is 11.3 Å². The van der Waals surface area contributed by atoms with E-state index >= 15 is 0 Å². The summed E-state index contributed by atoms with van der Waals surface area (Å²) in [4.78, 5) is 1.27. The summed E-state index contributed by atoms with van der Waals surface area (Å²) >= 11 is 1.22. The first-order valence-corrected chi connectivity index (χ1v) is 10.3. The van der Waals surface area contributed by atoms with Gasteiger partial charge in [-0.05, 0) is 25.8 Å². The van der Waals surface area contributed by atoms with Crippen LogP contribution in [0, 0.1) is 6.92 Å². The summed E-state index contributed by atoms with van der Waals surface area (Å²) in [5, 5.41) is 9.05. The van der Waals surface area contributed by atoms with Gasteiger partial charge in [0, 0.05) is 15.8 Å². The third kappa shape index (κ3) is 3.59. The first kappa shape index (κ1) is 15.9. The molecule has 0 amide bonds. The quantitative estimate of drug-likeness (QED) is 0.827. The van der Waals surface area contributed by atoms with Crippen LogP contribution in [0.1, 0.15) is 22.6 Å². The molecule has 2 N–H and O–H groups in total. The van der Waals surface area contributed by atoms with E-state index in [9.17, 15) is 16.8 Å². The fourth-order valence-corrected chi connectivity index (χ4v) is 6.78. The fraction of sp³-hybridized carbons (Fsp3) is 0.636. The summed E-state index contributed by atoms with van der Waals surface area (Å²) in [5.41, 5.74) is 0. The van der Waals surface area contributed by atoms with Crippen molar-refractivity contribution in [2.75, 3.05) is 11.5 Å². The van der Waals surface area contributed by atoms with E-state index in [0.717, 1.165) is 0 Å². The first-order chi connectivity index (χ1) is 9.23. The van der Waals surface area contributed by atoms with Gasteiger partial charge in [0.1, 0.15) is 0 Å². The highest BCUT2D eigenvalue weighted by atomic mass is 32.2. The summed E-state index contributed by atoms with van der Waals surface area (Å²) < 4.78 is 50.1. The number of aryl methyl sites for hydroxylation is 1. The van der Waals surface area contributed by atoms with Crippen LogP contribution in [-0.2, 0) is 26.5 Å². The third-order valence-corrected chi connectivity index (χ3v) is 7.79. The fourth-order valence-electron chi connectivity index (χ4n) is 2.27. The molecule has 0 bridgehead atoms. The average Bonchev–Trinajstić information content (AvgIpc) is 2.69. The van der Waals surface area contributed by atoms with Crippen LogP contribution in [0.3, 0.4) is 0 Å². The van der Waals surface area contributed by atoms with Gasteiger partial charge in [-0.2, -0.15) is 0 Å². The number of sulfone groups is 1. The highest BCUT2D eigenvalue weighted by Crippen LogP contribution is 2.26. The molecular weight excluding hydrogens is 322 g/mol. The summed E-state index contributed by atoms with van der Waals surface area (Å²) in [7, 11) is -6.91. The van der Waals surface area contributed by atoms with E-state index in [0.29, 0.717) is 22.6 Å². The Labute approximate surface area is 122 Å². The minimum absolute atomic E-state index is 0.120. The zero-order chi connectivity index (χ0) is 15.0. The lowest BCUT2D eigenvalue weighted by molar-refractivity contribution is 0.285. The highest BCUT2D eigenvalue weighted by Gasteiger charge is 2.30. The molecule has 1 aliphatic rings. The van der Waals surface area contributed by atoms with E-state index in [1.54, 1.807) is 6.92 Å².